The maximum atomic E-state index is 12.9. The summed E-state index contributed by atoms with van der Waals surface area (Å²) >= 11 is 0. The van der Waals surface area contributed by atoms with Gasteiger partial charge in [-0.3, -0.25) is 33.4 Å². The number of nitrogens with one attached hydrogen (secondary N) is 2. The van der Waals surface area contributed by atoms with Gasteiger partial charge in [0.15, 0.2) is 12.5 Å². The van der Waals surface area contributed by atoms with Crippen LogP contribution >= 0.6 is 0 Å². The molecule has 4 fully saturated rings. The van der Waals surface area contributed by atoms with Crippen molar-refractivity contribution in [3.63, 3.8) is 0 Å². The number of aromatic nitrogens is 15. The van der Waals surface area contributed by atoms with E-state index < -0.39 is 134 Å². The minimum atomic E-state index is -1.63. The zero-order valence-electron chi connectivity index (χ0n) is 51.1. The normalized spacial score (nSPS) is 28.4. The molecule has 92 heavy (non-hydrogen) atoms. The molecule has 0 aromatic carbocycles. The summed E-state index contributed by atoms with van der Waals surface area (Å²) in [6, 6.07) is 0. The van der Waals surface area contributed by atoms with Gasteiger partial charge in [0, 0.05) is 61.3 Å². The minimum absolute atomic E-state index is 0.114. The molecule has 506 valence electrons. The molecule has 10 rings (SSSR count). The van der Waals surface area contributed by atoms with Gasteiger partial charge < -0.3 is 78.7 Å². The van der Waals surface area contributed by atoms with Crippen molar-refractivity contribution in [1.29, 1.82) is 0 Å². The van der Waals surface area contributed by atoms with Gasteiger partial charge in [-0.05, 0) is 26.7 Å². The van der Waals surface area contributed by atoms with Crippen molar-refractivity contribution in [1.82, 2.24) is 73.9 Å². The van der Waals surface area contributed by atoms with Gasteiger partial charge in [-0.15, -0.1) is 15.3 Å². The first-order chi connectivity index (χ1) is 44.5. The van der Waals surface area contributed by atoms with Crippen LogP contribution in [0.3, 0.4) is 0 Å². The van der Waals surface area contributed by atoms with Crippen LogP contribution in [0.15, 0.2) is 62.6 Å². The third kappa shape index (κ3) is 16.6. The van der Waals surface area contributed by atoms with E-state index in [0.717, 1.165) is 69.8 Å². The molecular weight excluding hydrogens is 1210 g/mol. The summed E-state index contributed by atoms with van der Waals surface area (Å²) in [6.07, 6.45) is 3.48. The molecular formula is C57H83N15O20. The third-order valence-corrected chi connectivity index (χ3v) is 17.0. The van der Waals surface area contributed by atoms with Crippen LogP contribution in [0.2, 0.25) is 0 Å². The van der Waals surface area contributed by atoms with Crippen molar-refractivity contribution in [2.24, 2.45) is 0 Å². The predicted molar refractivity (Wildman–Crippen MR) is 312 cm³/mol. The van der Waals surface area contributed by atoms with E-state index in [0.29, 0.717) is 48.0 Å². The van der Waals surface area contributed by atoms with Gasteiger partial charge in [0.2, 0.25) is 0 Å². The van der Waals surface area contributed by atoms with Crippen molar-refractivity contribution in [3.05, 3.63) is 119 Å². The Kier molecular flexibility index (Phi) is 23.7. The molecule has 0 bridgehead atoms. The largest absolute Gasteiger partial charge is 0.394 e. The van der Waals surface area contributed by atoms with Crippen LogP contribution in [-0.4, -0.2) is 214 Å². The van der Waals surface area contributed by atoms with E-state index in [1.807, 2.05) is 6.20 Å². The Labute approximate surface area is 524 Å². The molecule has 4 saturated heterocycles. The van der Waals surface area contributed by atoms with E-state index in [-0.39, 0.29) is 45.8 Å². The molecule has 4 aliphatic rings. The van der Waals surface area contributed by atoms with Crippen LogP contribution in [0.25, 0.3) is 0 Å². The molecule has 4 aliphatic heterocycles. The number of aliphatic hydroxyl groups is 8. The first-order valence-electron chi connectivity index (χ1n) is 31.1. The number of unbranched alkanes of at least 4 members (excludes halogenated alkanes) is 9. The van der Waals surface area contributed by atoms with Crippen molar-refractivity contribution >= 4 is 0 Å². The SMILES string of the molecule is Cc1cn([C@H]2CC(OCc3cnnn3[C@H]3OC(CO)[C@H](O)C(O)C3O)[C@@H](Cn3cc(COCCCCCCCCCCCCOCc4cn(C[C@H]5O[C@@H](n6cc(C)c(=O)[nH]c6=O)CC5OCc5cnnn5[C@@H]5OC(CO)[C@@H](O)[C@H](O)C5O)nn4)cn3)O2)c(=O)[nH]c1=O. The number of aromatic amines is 2. The molecule has 0 amide bonds. The molecule has 0 spiro atoms. The Bertz CT molecular complexity index is 3300. The average Bonchev–Trinajstić information content (AvgIpc) is 1.49. The van der Waals surface area contributed by atoms with Crippen molar-refractivity contribution in [2.45, 2.75) is 229 Å². The second kappa shape index (κ2) is 32.0. The number of hydrogen-bond acceptors (Lipinski definition) is 27. The quantitative estimate of drug-likeness (QED) is 0.0194. The van der Waals surface area contributed by atoms with Crippen molar-refractivity contribution in [3.8, 4) is 0 Å². The van der Waals surface area contributed by atoms with Gasteiger partial charge in [-0.25, -0.2) is 23.6 Å². The number of ether oxygens (including phenoxy) is 8. The number of hydrogen-bond donors (Lipinski definition) is 10. The summed E-state index contributed by atoms with van der Waals surface area (Å²) in [6.45, 7) is 3.89. The fourth-order valence-corrected chi connectivity index (χ4v) is 11.8. The molecule has 6 aromatic heterocycles. The second-order valence-corrected chi connectivity index (χ2v) is 23.8. The van der Waals surface area contributed by atoms with E-state index in [1.54, 1.807) is 35.6 Å². The molecule has 10 heterocycles. The van der Waals surface area contributed by atoms with Gasteiger partial charge in [0.25, 0.3) is 11.1 Å². The van der Waals surface area contributed by atoms with E-state index in [9.17, 15) is 60.0 Å². The summed E-state index contributed by atoms with van der Waals surface area (Å²) in [5.41, 5.74) is 0.499. The lowest BCUT2D eigenvalue weighted by molar-refractivity contribution is -0.255. The Morgan fingerprint density at radius 2 is 0.967 bits per heavy atom. The number of nitrogens with zero attached hydrogens (tertiary/aromatic N) is 13. The molecule has 0 saturated carbocycles. The van der Waals surface area contributed by atoms with Crippen molar-refractivity contribution in [2.75, 3.05) is 26.4 Å². The second-order valence-electron chi connectivity index (χ2n) is 23.8. The lowest BCUT2D eigenvalue weighted by Crippen LogP contribution is -2.56. The van der Waals surface area contributed by atoms with Crippen LogP contribution in [0.5, 0.6) is 0 Å². The smallest absolute Gasteiger partial charge is 0.330 e. The topological polar surface area (TPSA) is 455 Å². The predicted octanol–water partition coefficient (Wildman–Crippen LogP) is -2.30. The number of aryl methyl sites for hydroxylation is 2. The number of H-pyrrole nitrogens is 2. The highest BCUT2D eigenvalue weighted by Crippen LogP contribution is 2.35. The van der Waals surface area contributed by atoms with Gasteiger partial charge in [-0.2, -0.15) is 5.10 Å². The molecule has 0 radical (unpaired) electrons. The summed E-state index contributed by atoms with van der Waals surface area (Å²) in [5.74, 6) is 0. The Morgan fingerprint density at radius 1 is 0.511 bits per heavy atom. The highest BCUT2D eigenvalue weighted by Gasteiger charge is 2.47. The zero-order valence-corrected chi connectivity index (χ0v) is 51.1. The molecule has 0 aliphatic carbocycles. The van der Waals surface area contributed by atoms with Crippen LogP contribution in [0.4, 0.5) is 0 Å². The monoisotopic (exact) mass is 1300 g/mol. The van der Waals surface area contributed by atoms with Gasteiger partial charge in [-0.1, -0.05) is 67.0 Å². The standard InChI is InChI=1S/C57H83N15O20/c1-32-20-69(56(83)61-52(32)81)44-15-38(87-30-36-18-58-64-71(36)54-50(79)48(77)46(75)42(26-73)91-54)40(89-44)24-67-22-34(17-60-67)28-85-13-11-9-7-5-3-4-6-8-10-12-14-86-29-35-23-68(66-63-35)25-41-39(16-45(90-41)70-21-33(2)53(82)62-57(70)84)88-31-37-19-59-65-72(37)55-51(80)49(78)47(76)43(27-74)92-55/h17-23,38-51,54-55,73-80H,3-16,24-31H2,1-2H3,(H,61,81,83)(H,62,82,84)/t38?,39?,40-,41-,42?,43?,44-,45-,46+,47-,48?,49+,50?,51?,54+,55-/m1/s1. The Morgan fingerprint density at radius 3 is 1.45 bits per heavy atom. The summed E-state index contributed by atoms with van der Waals surface area (Å²) < 4.78 is 57.1. The molecule has 6 aromatic rings. The molecule has 16 atom stereocenters. The highest BCUT2D eigenvalue weighted by molar-refractivity contribution is 5.06. The minimum Gasteiger partial charge on any atom is -0.394 e. The molecule has 35 nitrogen and oxygen atoms in total. The van der Waals surface area contributed by atoms with Gasteiger partial charge in [0.1, 0.15) is 79.2 Å². The van der Waals surface area contributed by atoms with Crippen LogP contribution < -0.4 is 22.5 Å². The van der Waals surface area contributed by atoms with Gasteiger partial charge in [0.05, 0.1) is 101 Å². The summed E-state index contributed by atoms with van der Waals surface area (Å²) in [5, 5.41) is 111. The average molecular weight is 1300 g/mol. The number of aliphatic hydroxyl groups excluding tert-OH is 8. The lowest BCUT2D eigenvalue weighted by Gasteiger charge is -2.40. The molecule has 35 heteroatoms. The fraction of sp³-hybridized carbons (Fsp3) is 0.702. The Balaban J connectivity index is 0.594. The highest BCUT2D eigenvalue weighted by atomic mass is 16.6. The van der Waals surface area contributed by atoms with E-state index in [1.165, 1.54) is 43.3 Å². The van der Waals surface area contributed by atoms with E-state index >= 15 is 0 Å². The molecule has 10 N–H and O–H groups in total. The maximum absolute atomic E-state index is 12.9. The third-order valence-electron chi connectivity index (χ3n) is 17.0. The van der Waals surface area contributed by atoms with E-state index in [2.05, 4.69) is 46.0 Å². The van der Waals surface area contributed by atoms with E-state index in [4.69, 9.17) is 37.9 Å². The first-order valence-corrected chi connectivity index (χ1v) is 31.1. The van der Waals surface area contributed by atoms with Crippen LogP contribution in [0, 0.1) is 13.8 Å². The first kappa shape index (κ1) is 68.2. The fourth-order valence-electron chi connectivity index (χ4n) is 11.8. The lowest BCUT2D eigenvalue weighted by atomic mass is 9.98. The summed E-state index contributed by atoms with van der Waals surface area (Å²) in [4.78, 5) is 54.8. The summed E-state index contributed by atoms with van der Waals surface area (Å²) in [7, 11) is 0. The van der Waals surface area contributed by atoms with Crippen molar-refractivity contribution < 1.29 is 78.7 Å². The Hall–Kier alpha value is -6.65. The maximum Gasteiger partial charge on any atom is 0.330 e. The zero-order chi connectivity index (χ0) is 65.0. The van der Waals surface area contributed by atoms with Crippen LogP contribution in [-0.2, 0) is 77.4 Å². The van der Waals surface area contributed by atoms with Gasteiger partial charge >= 0.3 is 11.4 Å². The molecule has 7 unspecified atom stereocenters. The van der Waals surface area contributed by atoms with Crippen LogP contribution in [0.1, 0.15) is 136 Å². The number of rotatable bonds is 33.